The zero-order valence-corrected chi connectivity index (χ0v) is 12.0. The number of aromatic amines is 1. The maximum atomic E-state index is 3.80. The SMILES string of the molecule is C=C/C=C\C(C)=C/C.CC.Cc1cn[nH]c1C. The van der Waals surface area contributed by atoms with Crippen molar-refractivity contribution in [3.05, 3.63) is 53.9 Å². The monoisotopic (exact) mass is 234 g/mol. The van der Waals surface area contributed by atoms with Gasteiger partial charge >= 0.3 is 0 Å². The van der Waals surface area contributed by atoms with E-state index in [1.54, 1.807) is 6.08 Å². The van der Waals surface area contributed by atoms with Crippen molar-refractivity contribution < 1.29 is 0 Å². The van der Waals surface area contributed by atoms with Crippen LogP contribution in [0.3, 0.4) is 0 Å². The molecule has 0 saturated carbocycles. The first kappa shape index (κ1) is 17.8. The van der Waals surface area contributed by atoms with E-state index in [-0.39, 0.29) is 0 Å². The molecule has 0 spiro atoms. The predicted octanol–water partition coefficient (Wildman–Crippen LogP) is 4.75. The second-order valence-electron chi connectivity index (χ2n) is 3.31. The number of allylic oxidation sites excluding steroid dienone is 5. The van der Waals surface area contributed by atoms with Crippen molar-refractivity contribution in [1.82, 2.24) is 10.2 Å². The average molecular weight is 234 g/mol. The largest absolute Gasteiger partial charge is 0.283 e. The highest BCUT2D eigenvalue weighted by Gasteiger charge is 1.87. The predicted molar refractivity (Wildman–Crippen MR) is 78.2 cm³/mol. The number of aryl methyl sites for hydroxylation is 2. The van der Waals surface area contributed by atoms with Gasteiger partial charge in [0.25, 0.3) is 0 Å². The lowest BCUT2D eigenvalue weighted by atomic mass is 10.3. The minimum absolute atomic E-state index is 1.15. The molecule has 0 unspecified atom stereocenters. The Kier molecular flexibility index (Phi) is 13.1. The molecule has 0 aliphatic carbocycles. The summed E-state index contributed by atoms with van der Waals surface area (Å²) in [5, 5.41) is 6.61. The first-order chi connectivity index (χ1) is 8.11. The van der Waals surface area contributed by atoms with E-state index in [0.29, 0.717) is 0 Å². The van der Waals surface area contributed by atoms with Gasteiger partial charge in [-0.1, -0.05) is 50.3 Å². The highest BCUT2D eigenvalue weighted by molar-refractivity contribution is 5.18. The van der Waals surface area contributed by atoms with Gasteiger partial charge < -0.3 is 0 Å². The maximum Gasteiger partial charge on any atom is 0.0519 e. The Hall–Kier alpha value is -1.57. The molecule has 2 heteroatoms. The number of rotatable bonds is 2. The topological polar surface area (TPSA) is 28.7 Å². The zero-order valence-electron chi connectivity index (χ0n) is 12.0. The van der Waals surface area contributed by atoms with Gasteiger partial charge in [-0.05, 0) is 33.3 Å². The van der Waals surface area contributed by atoms with Crippen molar-refractivity contribution in [3.63, 3.8) is 0 Å². The van der Waals surface area contributed by atoms with Crippen molar-refractivity contribution in [2.45, 2.75) is 41.5 Å². The van der Waals surface area contributed by atoms with Crippen LogP contribution < -0.4 is 0 Å². The molecule has 96 valence electrons. The van der Waals surface area contributed by atoms with Crippen molar-refractivity contribution in [3.8, 4) is 0 Å². The van der Waals surface area contributed by atoms with Crippen LogP contribution in [-0.2, 0) is 0 Å². The van der Waals surface area contributed by atoms with Gasteiger partial charge in [0.2, 0.25) is 0 Å². The highest BCUT2D eigenvalue weighted by atomic mass is 15.1. The van der Waals surface area contributed by atoms with E-state index in [1.165, 1.54) is 11.1 Å². The van der Waals surface area contributed by atoms with Gasteiger partial charge in [-0.25, -0.2) is 0 Å². The summed E-state index contributed by atoms with van der Waals surface area (Å²) in [4.78, 5) is 0. The van der Waals surface area contributed by atoms with Crippen LogP contribution in [0.25, 0.3) is 0 Å². The van der Waals surface area contributed by atoms with E-state index in [9.17, 15) is 0 Å². The third-order valence-electron chi connectivity index (χ3n) is 2.03. The van der Waals surface area contributed by atoms with Crippen LogP contribution >= 0.6 is 0 Å². The van der Waals surface area contributed by atoms with E-state index in [0.717, 1.165) is 5.69 Å². The second-order valence-corrected chi connectivity index (χ2v) is 3.31. The average Bonchev–Trinajstić information content (AvgIpc) is 2.74. The van der Waals surface area contributed by atoms with Gasteiger partial charge in [-0.3, -0.25) is 5.10 Å². The molecule has 2 nitrogen and oxygen atoms in total. The number of nitrogens with one attached hydrogen (secondary N) is 1. The molecule has 1 rings (SSSR count). The van der Waals surface area contributed by atoms with E-state index in [4.69, 9.17) is 0 Å². The lowest BCUT2D eigenvalue weighted by Crippen LogP contribution is -1.70. The van der Waals surface area contributed by atoms with Gasteiger partial charge in [-0.15, -0.1) is 0 Å². The molecular weight excluding hydrogens is 208 g/mol. The molecule has 0 radical (unpaired) electrons. The van der Waals surface area contributed by atoms with E-state index in [2.05, 4.69) is 29.8 Å². The third-order valence-corrected chi connectivity index (χ3v) is 2.03. The summed E-state index contributed by atoms with van der Waals surface area (Å²) in [6.07, 6.45) is 9.59. The quantitative estimate of drug-likeness (QED) is 0.735. The van der Waals surface area contributed by atoms with E-state index >= 15 is 0 Å². The minimum Gasteiger partial charge on any atom is -0.283 e. The molecule has 1 heterocycles. The molecule has 0 aliphatic heterocycles. The van der Waals surface area contributed by atoms with Crippen LogP contribution in [0.2, 0.25) is 0 Å². The van der Waals surface area contributed by atoms with Gasteiger partial charge in [0.1, 0.15) is 0 Å². The summed E-state index contributed by atoms with van der Waals surface area (Å²) >= 11 is 0. The fourth-order valence-electron chi connectivity index (χ4n) is 0.727. The molecule has 1 N–H and O–H groups in total. The molecule has 0 aromatic carbocycles. The van der Waals surface area contributed by atoms with E-state index < -0.39 is 0 Å². The fraction of sp³-hybridized carbons (Fsp3) is 0.400. The third kappa shape index (κ3) is 10.7. The zero-order chi connectivity index (χ0) is 13.7. The Labute approximate surface area is 106 Å². The van der Waals surface area contributed by atoms with Crippen LogP contribution in [0.4, 0.5) is 0 Å². The van der Waals surface area contributed by atoms with Crippen molar-refractivity contribution in [2.24, 2.45) is 0 Å². The lowest BCUT2D eigenvalue weighted by Gasteiger charge is -1.82. The molecule has 0 fully saturated rings. The fourth-order valence-corrected chi connectivity index (χ4v) is 0.727. The van der Waals surface area contributed by atoms with Gasteiger partial charge in [-0.2, -0.15) is 5.10 Å². The van der Waals surface area contributed by atoms with E-state index in [1.807, 2.05) is 53.0 Å². The first-order valence-electron chi connectivity index (χ1n) is 6.00. The number of aromatic nitrogens is 2. The van der Waals surface area contributed by atoms with Crippen molar-refractivity contribution in [2.75, 3.05) is 0 Å². The standard InChI is InChI=1S/C8H12.C5H8N2.C2H6/c1-4-6-7-8(3)5-2;1-4-3-6-7-5(4)2;1-2/h4-7H,1H2,2-3H3;3H,1-2H3,(H,6,7);1-2H3/b7-6-,8-5-;;. The Morgan fingerprint density at radius 1 is 1.35 bits per heavy atom. The highest BCUT2D eigenvalue weighted by Crippen LogP contribution is 1.96. The second kappa shape index (κ2) is 12.5. The summed E-state index contributed by atoms with van der Waals surface area (Å²) in [7, 11) is 0. The molecule has 0 saturated heterocycles. The molecule has 0 aliphatic rings. The molecule has 0 atom stereocenters. The summed E-state index contributed by atoms with van der Waals surface area (Å²) < 4.78 is 0. The van der Waals surface area contributed by atoms with Crippen LogP contribution in [0.15, 0.2) is 42.7 Å². The number of hydrogen-bond acceptors (Lipinski definition) is 1. The van der Waals surface area contributed by atoms with Crippen LogP contribution in [0.5, 0.6) is 0 Å². The van der Waals surface area contributed by atoms with Crippen LogP contribution in [-0.4, -0.2) is 10.2 Å². The Bertz CT molecular complexity index is 327. The number of H-pyrrole nitrogens is 1. The summed E-state index contributed by atoms with van der Waals surface area (Å²) in [6.45, 7) is 15.7. The van der Waals surface area contributed by atoms with Crippen molar-refractivity contribution in [1.29, 1.82) is 0 Å². The van der Waals surface area contributed by atoms with Crippen molar-refractivity contribution >= 4 is 0 Å². The molecule has 17 heavy (non-hydrogen) atoms. The molecule has 1 aromatic rings. The van der Waals surface area contributed by atoms with Crippen LogP contribution in [0.1, 0.15) is 39.0 Å². The lowest BCUT2D eigenvalue weighted by molar-refractivity contribution is 1.04. The molecule has 1 aromatic heterocycles. The normalized spacial score (nSPS) is 10.1. The summed E-state index contributed by atoms with van der Waals surface area (Å²) in [5.41, 5.74) is 3.64. The minimum atomic E-state index is 1.15. The molecule has 0 amide bonds. The smallest absolute Gasteiger partial charge is 0.0519 e. The maximum absolute atomic E-state index is 3.80. The molecular formula is C15H26N2. The summed E-state index contributed by atoms with van der Waals surface area (Å²) in [6, 6.07) is 0. The van der Waals surface area contributed by atoms with Gasteiger partial charge in [0, 0.05) is 5.69 Å². The number of nitrogens with zero attached hydrogens (tertiary/aromatic N) is 1. The van der Waals surface area contributed by atoms with Gasteiger partial charge in [0.15, 0.2) is 0 Å². The Balaban J connectivity index is 0. The molecule has 0 bridgehead atoms. The Morgan fingerprint density at radius 2 is 1.94 bits per heavy atom. The first-order valence-corrected chi connectivity index (χ1v) is 6.00. The summed E-state index contributed by atoms with van der Waals surface area (Å²) in [5.74, 6) is 0. The van der Waals surface area contributed by atoms with Gasteiger partial charge in [0.05, 0.1) is 6.20 Å². The Morgan fingerprint density at radius 3 is 2.18 bits per heavy atom. The van der Waals surface area contributed by atoms with Crippen LogP contribution in [0, 0.1) is 13.8 Å². The number of hydrogen-bond donors (Lipinski definition) is 1.